The van der Waals surface area contributed by atoms with E-state index in [1.807, 2.05) is 6.92 Å². The molecule has 0 saturated carbocycles. The molecule has 0 aromatic rings. The topological polar surface area (TPSA) is 57.6 Å². The molecule has 0 aromatic carbocycles. The zero-order chi connectivity index (χ0) is 12.1. The fourth-order valence-electron chi connectivity index (χ4n) is 2.28. The molecule has 0 unspecified atom stereocenters. The van der Waals surface area contributed by atoms with Gasteiger partial charge in [-0.25, -0.2) is 0 Å². The van der Waals surface area contributed by atoms with Gasteiger partial charge in [0.15, 0.2) is 0 Å². The quantitative estimate of drug-likeness (QED) is 0.752. The van der Waals surface area contributed by atoms with Crippen LogP contribution in [-0.4, -0.2) is 35.0 Å². The third-order valence-electron chi connectivity index (χ3n) is 3.27. The number of aliphatic carboxylic acids is 1. The Bertz CT molecular complexity index is 265. The van der Waals surface area contributed by atoms with Crippen LogP contribution in [0.3, 0.4) is 0 Å². The fraction of sp³-hybridized carbons (Fsp3) is 0.833. The van der Waals surface area contributed by atoms with Gasteiger partial charge in [-0.3, -0.25) is 9.59 Å². The van der Waals surface area contributed by atoms with Crippen molar-refractivity contribution in [2.75, 3.05) is 13.1 Å². The second-order valence-electron chi connectivity index (χ2n) is 4.60. The lowest BCUT2D eigenvalue weighted by Gasteiger charge is -2.20. The molecule has 92 valence electrons. The molecule has 4 nitrogen and oxygen atoms in total. The van der Waals surface area contributed by atoms with E-state index in [-0.39, 0.29) is 5.91 Å². The summed E-state index contributed by atoms with van der Waals surface area (Å²) in [5, 5.41) is 8.95. The molecule has 2 atom stereocenters. The zero-order valence-electron chi connectivity index (χ0n) is 10.1. The maximum absolute atomic E-state index is 11.7. The predicted octanol–water partition coefficient (Wildman–Crippen LogP) is 1.75. The summed E-state index contributed by atoms with van der Waals surface area (Å²) in [5.74, 6) is -0.652. The Morgan fingerprint density at radius 1 is 1.56 bits per heavy atom. The minimum absolute atomic E-state index is 0.123. The number of nitrogens with zero attached hydrogens (tertiary/aromatic N) is 1. The lowest BCUT2D eigenvalue weighted by Crippen LogP contribution is -2.34. The van der Waals surface area contributed by atoms with Crippen LogP contribution in [0.15, 0.2) is 0 Å². The molecule has 0 aliphatic carbocycles. The second-order valence-corrected chi connectivity index (χ2v) is 4.60. The first kappa shape index (κ1) is 13.0. The van der Waals surface area contributed by atoms with Crippen molar-refractivity contribution in [2.45, 2.75) is 39.5 Å². The Balaban J connectivity index is 2.48. The highest BCUT2D eigenvalue weighted by Gasteiger charge is 2.31. The Hall–Kier alpha value is -1.06. The minimum atomic E-state index is -0.797. The Labute approximate surface area is 96.6 Å². The third kappa shape index (κ3) is 3.22. The van der Waals surface area contributed by atoms with E-state index in [4.69, 9.17) is 5.11 Å². The van der Waals surface area contributed by atoms with Crippen molar-refractivity contribution in [1.29, 1.82) is 0 Å². The molecular weight excluding hydrogens is 206 g/mol. The van der Waals surface area contributed by atoms with Gasteiger partial charge in [0.05, 0.1) is 5.92 Å². The Morgan fingerprint density at radius 2 is 2.25 bits per heavy atom. The molecule has 1 aliphatic rings. The van der Waals surface area contributed by atoms with Crippen molar-refractivity contribution in [2.24, 2.45) is 11.8 Å². The average Bonchev–Trinajstić information content (AvgIpc) is 2.55. The van der Waals surface area contributed by atoms with Crippen LogP contribution >= 0.6 is 0 Å². The van der Waals surface area contributed by atoms with Gasteiger partial charge >= 0.3 is 5.97 Å². The van der Waals surface area contributed by atoms with Crippen LogP contribution in [0.2, 0.25) is 0 Å². The first-order valence-corrected chi connectivity index (χ1v) is 6.09. The van der Waals surface area contributed by atoms with Crippen LogP contribution in [-0.2, 0) is 9.59 Å². The molecule has 16 heavy (non-hydrogen) atoms. The smallest absolute Gasteiger partial charge is 0.308 e. The molecule has 1 N–H and O–H groups in total. The highest BCUT2D eigenvalue weighted by atomic mass is 16.4. The number of hydrogen-bond donors (Lipinski definition) is 1. The Morgan fingerprint density at radius 3 is 2.75 bits per heavy atom. The summed E-state index contributed by atoms with van der Waals surface area (Å²) >= 11 is 0. The number of carboxylic acid groups (broad SMARTS) is 1. The van der Waals surface area contributed by atoms with Crippen LogP contribution in [0, 0.1) is 11.8 Å². The van der Waals surface area contributed by atoms with Gasteiger partial charge in [-0.1, -0.05) is 20.3 Å². The van der Waals surface area contributed by atoms with E-state index in [0.29, 0.717) is 25.3 Å². The number of amides is 1. The van der Waals surface area contributed by atoms with Gasteiger partial charge in [-0.15, -0.1) is 0 Å². The summed E-state index contributed by atoms with van der Waals surface area (Å²) < 4.78 is 0. The molecule has 0 spiro atoms. The van der Waals surface area contributed by atoms with Crippen LogP contribution in [0.5, 0.6) is 0 Å². The third-order valence-corrected chi connectivity index (χ3v) is 3.27. The predicted molar refractivity (Wildman–Crippen MR) is 61.0 cm³/mol. The highest BCUT2D eigenvalue weighted by molar-refractivity contribution is 5.79. The maximum atomic E-state index is 11.7. The van der Waals surface area contributed by atoms with Gasteiger partial charge in [0, 0.05) is 19.5 Å². The summed E-state index contributed by atoms with van der Waals surface area (Å²) in [5.41, 5.74) is 0. The summed E-state index contributed by atoms with van der Waals surface area (Å²) in [7, 11) is 0. The molecule has 0 aromatic heterocycles. The molecule has 4 heteroatoms. The van der Waals surface area contributed by atoms with Gasteiger partial charge in [0.25, 0.3) is 0 Å². The summed E-state index contributed by atoms with van der Waals surface area (Å²) in [4.78, 5) is 24.3. The summed E-state index contributed by atoms with van der Waals surface area (Å²) in [6.45, 7) is 5.09. The fourth-order valence-corrected chi connectivity index (χ4v) is 2.28. The average molecular weight is 227 g/mol. The van der Waals surface area contributed by atoms with Crippen molar-refractivity contribution in [3.63, 3.8) is 0 Å². The van der Waals surface area contributed by atoms with E-state index in [9.17, 15) is 9.59 Å². The normalized spacial score (nSPS) is 22.5. The van der Waals surface area contributed by atoms with Crippen LogP contribution in [0.25, 0.3) is 0 Å². The van der Waals surface area contributed by atoms with Gasteiger partial charge < -0.3 is 10.0 Å². The molecular formula is C12H21NO3. The SMILES string of the molecule is CCC[C@@H]1CC(=O)N(C[C@H](CC)C(=O)O)C1. The minimum Gasteiger partial charge on any atom is -0.481 e. The van der Waals surface area contributed by atoms with E-state index in [2.05, 4.69) is 6.92 Å². The largest absolute Gasteiger partial charge is 0.481 e. The number of likely N-dealkylation sites (tertiary alicyclic amines) is 1. The molecule has 1 heterocycles. The van der Waals surface area contributed by atoms with E-state index in [0.717, 1.165) is 19.4 Å². The monoisotopic (exact) mass is 227 g/mol. The second kappa shape index (κ2) is 5.87. The molecule has 0 bridgehead atoms. The van der Waals surface area contributed by atoms with Crippen molar-refractivity contribution in [3.05, 3.63) is 0 Å². The van der Waals surface area contributed by atoms with Gasteiger partial charge in [-0.05, 0) is 18.8 Å². The zero-order valence-corrected chi connectivity index (χ0v) is 10.1. The lowest BCUT2D eigenvalue weighted by atomic mass is 10.0. The van der Waals surface area contributed by atoms with Gasteiger partial charge in [0.1, 0.15) is 0 Å². The van der Waals surface area contributed by atoms with Crippen LogP contribution < -0.4 is 0 Å². The van der Waals surface area contributed by atoms with E-state index >= 15 is 0 Å². The lowest BCUT2D eigenvalue weighted by molar-refractivity contribution is -0.143. The molecule has 1 aliphatic heterocycles. The molecule has 1 amide bonds. The molecule has 1 fully saturated rings. The van der Waals surface area contributed by atoms with E-state index in [1.165, 1.54) is 0 Å². The number of carboxylic acids is 1. The Kier molecular flexibility index (Phi) is 4.77. The first-order valence-electron chi connectivity index (χ1n) is 6.09. The van der Waals surface area contributed by atoms with E-state index in [1.54, 1.807) is 4.90 Å². The van der Waals surface area contributed by atoms with Crippen LogP contribution in [0.1, 0.15) is 39.5 Å². The van der Waals surface area contributed by atoms with Crippen molar-refractivity contribution in [1.82, 2.24) is 4.90 Å². The number of hydrogen-bond acceptors (Lipinski definition) is 2. The number of carbonyl (C=O) groups is 2. The van der Waals surface area contributed by atoms with Crippen molar-refractivity contribution < 1.29 is 14.7 Å². The number of carbonyl (C=O) groups excluding carboxylic acids is 1. The maximum Gasteiger partial charge on any atom is 0.308 e. The first-order chi connectivity index (χ1) is 7.58. The van der Waals surface area contributed by atoms with Crippen molar-refractivity contribution in [3.8, 4) is 0 Å². The summed E-state index contributed by atoms with van der Waals surface area (Å²) in [6, 6.07) is 0. The number of rotatable bonds is 6. The highest BCUT2D eigenvalue weighted by Crippen LogP contribution is 2.23. The summed E-state index contributed by atoms with van der Waals surface area (Å²) in [6.07, 6.45) is 3.33. The van der Waals surface area contributed by atoms with E-state index < -0.39 is 11.9 Å². The van der Waals surface area contributed by atoms with Gasteiger partial charge in [-0.2, -0.15) is 0 Å². The molecule has 0 radical (unpaired) electrons. The standard InChI is InChI=1S/C12H21NO3/c1-3-5-9-6-11(14)13(7-9)8-10(4-2)12(15)16/h9-10H,3-8H2,1-2H3,(H,15,16)/t9-,10+/m1/s1. The molecule has 1 saturated heterocycles. The molecule has 1 rings (SSSR count). The van der Waals surface area contributed by atoms with Gasteiger partial charge in [0.2, 0.25) is 5.91 Å². The van der Waals surface area contributed by atoms with Crippen LogP contribution in [0.4, 0.5) is 0 Å². The van der Waals surface area contributed by atoms with Crippen molar-refractivity contribution >= 4 is 11.9 Å².